The first kappa shape index (κ1) is 27.4. The minimum atomic E-state index is -0.220. The molecule has 2 heterocycles. The van der Waals surface area contributed by atoms with E-state index >= 15 is 0 Å². The van der Waals surface area contributed by atoms with Gasteiger partial charge in [0.2, 0.25) is 11.6 Å². The van der Waals surface area contributed by atoms with Crippen molar-refractivity contribution < 1.29 is 9.59 Å². The molecule has 40 heavy (non-hydrogen) atoms. The van der Waals surface area contributed by atoms with Gasteiger partial charge < -0.3 is 9.97 Å². The molecule has 0 saturated carbocycles. The molecule has 2 N–H and O–H groups in total. The Balaban J connectivity index is 1.55. The topological polar surface area (TPSA) is 65.7 Å². The molecule has 1 atom stereocenters. The Morgan fingerprint density at radius 1 is 0.700 bits per heavy atom. The van der Waals surface area contributed by atoms with Crippen LogP contribution in [0.4, 0.5) is 0 Å². The summed E-state index contributed by atoms with van der Waals surface area (Å²) in [7, 11) is 0. The number of hydrogen-bond donors (Lipinski definition) is 2. The molecule has 0 spiro atoms. The Labute approximate surface area is 248 Å². The number of aromatic nitrogens is 2. The van der Waals surface area contributed by atoms with Gasteiger partial charge in [0.1, 0.15) is 0 Å². The largest absolute Gasteiger partial charge is 0.355 e. The first-order valence-electron chi connectivity index (χ1n) is 13.1. The van der Waals surface area contributed by atoms with Crippen molar-refractivity contribution in [3.8, 4) is 11.8 Å². The van der Waals surface area contributed by atoms with Crippen LogP contribution in [0, 0.1) is 36.2 Å². The van der Waals surface area contributed by atoms with Gasteiger partial charge in [-0.2, -0.15) is 0 Å². The predicted molar refractivity (Wildman–Crippen MR) is 168 cm³/mol. The number of benzene rings is 3. The van der Waals surface area contributed by atoms with Gasteiger partial charge in [-0.15, -0.1) is 5.92 Å². The Kier molecular flexibility index (Phi) is 7.90. The van der Waals surface area contributed by atoms with Gasteiger partial charge in [0, 0.05) is 31.6 Å². The van der Waals surface area contributed by atoms with Crippen LogP contribution >= 0.6 is 22.6 Å². The second kappa shape index (κ2) is 11.5. The van der Waals surface area contributed by atoms with Crippen molar-refractivity contribution in [2.75, 3.05) is 0 Å². The van der Waals surface area contributed by atoms with E-state index in [2.05, 4.69) is 77.3 Å². The number of rotatable bonds is 7. The summed E-state index contributed by atoms with van der Waals surface area (Å²) >= 11 is 2.23. The van der Waals surface area contributed by atoms with E-state index in [1.54, 1.807) is 6.92 Å². The van der Waals surface area contributed by atoms with E-state index in [0.717, 1.165) is 37.2 Å². The quantitative estimate of drug-likeness (QED) is 0.108. The summed E-state index contributed by atoms with van der Waals surface area (Å²) in [5.41, 5.74) is 9.54. The highest BCUT2D eigenvalue weighted by Gasteiger charge is 2.26. The van der Waals surface area contributed by atoms with E-state index in [1.807, 2.05) is 72.8 Å². The highest BCUT2D eigenvalue weighted by molar-refractivity contribution is 14.1. The van der Waals surface area contributed by atoms with E-state index in [1.165, 1.54) is 5.56 Å². The average Bonchev–Trinajstić information content (AvgIpc) is 3.62. The summed E-state index contributed by atoms with van der Waals surface area (Å²) < 4.78 is 1.08. The molecule has 0 aliphatic rings. The molecule has 3 aromatic carbocycles. The number of H-pyrrole nitrogens is 2. The van der Waals surface area contributed by atoms with Gasteiger partial charge in [-0.05, 0) is 140 Å². The van der Waals surface area contributed by atoms with Crippen LogP contribution in [0.5, 0.6) is 0 Å². The summed E-state index contributed by atoms with van der Waals surface area (Å²) in [5, 5.41) is 0. The number of hydrogen-bond acceptors (Lipinski definition) is 2. The molecule has 198 valence electrons. The van der Waals surface area contributed by atoms with Gasteiger partial charge in [-0.3, -0.25) is 9.59 Å². The first-order valence-corrected chi connectivity index (χ1v) is 14.2. The Bertz CT molecular complexity index is 1750. The lowest BCUT2D eigenvalue weighted by Gasteiger charge is -2.21. The number of aryl methyl sites for hydroxylation is 3. The normalized spacial score (nSPS) is 11.5. The van der Waals surface area contributed by atoms with Gasteiger partial charge in [0.25, 0.3) is 0 Å². The van der Waals surface area contributed by atoms with Crippen molar-refractivity contribution in [2.24, 2.45) is 0 Å². The lowest BCUT2D eigenvalue weighted by Crippen LogP contribution is -2.11. The van der Waals surface area contributed by atoms with E-state index in [-0.39, 0.29) is 17.5 Å². The van der Waals surface area contributed by atoms with Crippen molar-refractivity contribution in [1.82, 2.24) is 9.97 Å². The van der Waals surface area contributed by atoms with Gasteiger partial charge in [-0.1, -0.05) is 23.6 Å². The third kappa shape index (κ3) is 5.59. The number of halogens is 1. The summed E-state index contributed by atoms with van der Waals surface area (Å²) in [5.74, 6) is 5.53. The highest BCUT2D eigenvalue weighted by Crippen LogP contribution is 2.36. The molecule has 1 unspecified atom stereocenters. The number of ketones is 2. The van der Waals surface area contributed by atoms with Crippen LogP contribution in [0.25, 0.3) is 0 Å². The van der Waals surface area contributed by atoms with Crippen LogP contribution < -0.4 is 0 Å². The molecule has 0 radical (unpaired) electrons. The predicted octanol–water partition coefficient (Wildman–Crippen LogP) is 7.89. The SMILES string of the molecule is CC#Cc1ccc(C(=O)c2ccc(C(c3ccc(C(=O)c4ccc(I)cc4)[nH]3)c3c(C)cc(C)cc3C)[nH]2)cc1. The van der Waals surface area contributed by atoms with Gasteiger partial charge >= 0.3 is 0 Å². The van der Waals surface area contributed by atoms with Crippen LogP contribution in [0.1, 0.15) is 84.2 Å². The van der Waals surface area contributed by atoms with Crippen LogP contribution in [0.3, 0.4) is 0 Å². The zero-order chi connectivity index (χ0) is 28.4. The molecule has 0 fully saturated rings. The van der Waals surface area contributed by atoms with Crippen LogP contribution in [0.2, 0.25) is 0 Å². The van der Waals surface area contributed by atoms with Gasteiger partial charge in [0.15, 0.2) is 0 Å². The van der Waals surface area contributed by atoms with Crippen molar-refractivity contribution in [3.63, 3.8) is 0 Å². The third-order valence-electron chi connectivity index (χ3n) is 7.08. The minimum absolute atomic E-state index is 0.0580. The molecule has 5 rings (SSSR count). The summed E-state index contributed by atoms with van der Waals surface area (Å²) in [6.45, 7) is 8.10. The number of carbonyl (C=O) groups is 2. The second-order valence-corrected chi connectivity index (χ2v) is 11.3. The average molecular weight is 637 g/mol. The number of aromatic amines is 2. The lowest BCUT2D eigenvalue weighted by atomic mass is 9.85. The Morgan fingerprint density at radius 2 is 1.18 bits per heavy atom. The Morgan fingerprint density at radius 3 is 1.65 bits per heavy atom. The van der Waals surface area contributed by atoms with Gasteiger partial charge in [-0.25, -0.2) is 0 Å². The maximum atomic E-state index is 13.4. The molecule has 2 aromatic heterocycles. The molecular weight excluding hydrogens is 607 g/mol. The molecule has 0 aliphatic carbocycles. The fourth-order valence-electron chi connectivity index (χ4n) is 5.31. The standard InChI is InChI=1S/C35H29IN2O2/c1-5-6-24-7-9-25(10-8-24)34(39)30-17-15-28(37-30)33(32-22(3)19-21(2)20-23(32)4)29-16-18-31(38-29)35(40)26-11-13-27(36)14-12-26/h7-20,33,37-38H,1-4H3. The van der Waals surface area contributed by atoms with Crippen LogP contribution in [-0.4, -0.2) is 21.5 Å². The Hall–Kier alpha value is -4.15. The highest BCUT2D eigenvalue weighted by atomic mass is 127. The smallest absolute Gasteiger partial charge is 0.209 e. The van der Waals surface area contributed by atoms with E-state index < -0.39 is 0 Å². The molecule has 0 amide bonds. The van der Waals surface area contributed by atoms with Crippen molar-refractivity contribution >= 4 is 34.2 Å². The maximum Gasteiger partial charge on any atom is 0.209 e. The second-order valence-electron chi connectivity index (χ2n) is 10.0. The molecule has 0 saturated heterocycles. The molecular formula is C35H29IN2O2. The minimum Gasteiger partial charge on any atom is -0.355 e. The fraction of sp³-hybridized carbons (Fsp3) is 0.143. The summed E-state index contributed by atoms with van der Waals surface area (Å²) in [6.07, 6.45) is 0. The zero-order valence-electron chi connectivity index (χ0n) is 22.9. The summed E-state index contributed by atoms with van der Waals surface area (Å²) in [4.78, 5) is 33.4. The molecule has 5 heteroatoms. The first-order chi connectivity index (χ1) is 19.2. The lowest BCUT2D eigenvalue weighted by molar-refractivity contribution is 0.102. The number of carbonyl (C=O) groups excluding carboxylic acids is 2. The fourth-order valence-corrected chi connectivity index (χ4v) is 5.67. The van der Waals surface area contributed by atoms with Gasteiger partial charge in [0.05, 0.1) is 17.3 Å². The molecule has 5 aromatic rings. The van der Waals surface area contributed by atoms with Crippen molar-refractivity contribution in [3.05, 3.63) is 150 Å². The summed E-state index contributed by atoms with van der Waals surface area (Å²) in [6, 6.07) is 26.9. The van der Waals surface area contributed by atoms with E-state index in [0.29, 0.717) is 22.5 Å². The molecule has 0 aliphatic heterocycles. The van der Waals surface area contributed by atoms with E-state index in [4.69, 9.17) is 0 Å². The molecule has 0 bridgehead atoms. The molecule has 4 nitrogen and oxygen atoms in total. The van der Waals surface area contributed by atoms with Crippen molar-refractivity contribution in [1.29, 1.82) is 0 Å². The van der Waals surface area contributed by atoms with E-state index in [9.17, 15) is 9.59 Å². The van der Waals surface area contributed by atoms with Crippen molar-refractivity contribution in [2.45, 2.75) is 33.6 Å². The third-order valence-corrected chi connectivity index (χ3v) is 7.80. The monoisotopic (exact) mass is 636 g/mol. The van der Waals surface area contributed by atoms with Crippen LogP contribution in [0.15, 0.2) is 84.9 Å². The number of nitrogens with one attached hydrogen (secondary N) is 2. The zero-order valence-corrected chi connectivity index (χ0v) is 25.0. The van der Waals surface area contributed by atoms with Crippen LogP contribution in [-0.2, 0) is 0 Å². The maximum absolute atomic E-state index is 13.4.